The van der Waals surface area contributed by atoms with Crippen molar-refractivity contribution in [1.29, 1.82) is 0 Å². The molecule has 5 heteroatoms. The molecule has 5 rings (SSSR count). The molecule has 0 saturated carbocycles. The van der Waals surface area contributed by atoms with Crippen molar-refractivity contribution in [2.45, 2.75) is 25.8 Å². The minimum Gasteiger partial charge on any atom is -0.507 e. The molecule has 142 valence electrons. The number of benzene rings is 2. The highest BCUT2D eigenvalue weighted by Gasteiger charge is 2.33. The van der Waals surface area contributed by atoms with Crippen molar-refractivity contribution in [2.75, 3.05) is 13.1 Å². The second-order valence-electron chi connectivity index (χ2n) is 7.66. The summed E-state index contributed by atoms with van der Waals surface area (Å²) in [7, 11) is 0. The number of ketones is 1. The van der Waals surface area contributed by atoms with Gasteiger partial charge in [-0.05, 0) is 43.5 Å². The number of aromatic hydroxyl groups is 1. The highest BCUT2D eigenvalue weighted by molar-refractivity contribution is 6.15. The fourth-order valence-electron chi connectivity index (χ4n) is 4.30. The molecule has 0 unspecified atom stereocenters. The highest BCUT2D eigenvalue weighted by Crippen LogP contribution is 2.39. The summed E-state index contributed by atoms with van der Waals surface area (Å²) >= 11 is 0. The maximum atomic E-state index is 12.9. The van der Waals surface area contributed by atoms with Crippen LogP contribution in [-0.4, -0.2) is 29.0 Å². The van der Waals surface area contributed by atoms with Gasteiger partial charge in [0.25, 0.3) is 0 Å². The summed E-state index contributed by atoms with van der Waals surface area (Å²) in [4.78, 5) is 17.6. The Hall–Kier alpha value is -3.05. The molecule has 1 fully saturated rings. The predicted octanol–water partition coefficient (Wildman–Crippen LogP) is 3.06. The summed E-state index contributed by atoms with van der Waals surface area (Å²) in [6.07, 6.45) is 7.35. The largest absolute Gasteiger partial charge is 0.507 e. The monoisotopic (exact) mass is 375 g/mol. The van der Waals surface area contributed by atoms with Crippen molar-refractivity contribution in [2.24, 2.45) is 0 Å². The molecule has 0 radical (unpaired) electrons. The Labute approximate surface area is 163 Å². The Kier molecular flexibility index (Phi) is 4.17. The molecule has 1 saturated heterocycles. The van der Waals surface area contributed by atoms with E-state index in [0.29, 0.717) is 23.6 Å². The lowest BCUT2D eigenvalue weighted by Crippen LogP contribution is -3.11. The summed E-state index contributed by atoms with van der Waals surface area (Å²) < 4.78 is 6.02. The number of likely N-dealkylation sites (tertiary alicyclic amines) is 1. The molecule has 5 nitrogen and oxygen atoms in total. The molecular weight excluding hydrogens is 352 g/mol. The lowest BCUT2D eigenvalue weighted by molar-refractivity contribution is -0.918. The van der Waals surface area contributed by atoms with Crippen LogP contribution in [0.2, 0.25) is 0 Å². The van der Waals surface area contributed by atoms with Gasteiger partial charge in [-0.15, -0.1) is 0 Å². The van der Waals surface area contributed by atoms with E-state index in [1.165, 1.54) is 24.2 Å². The van der Waals surface area contributed by atoms with E-state index >= 15 is 0 Å². The number of allylic oxidation sites excluding steroid dienone is 1. The molecule has 1 aromatic heterocycles. The number of Topliss-reactive ketones (excluding diaryl/α,β-unsaturated/α-hetero) is 1. The Morgan fingerprint density at radius 3 is 2.79 bits per heavy atom. The zero-order chi connectivity index (χ0) is 19.1. The van der Waals surface area contributed by atoms with Gasteiger partial charge in [0.05, 0.1) is 24.2 Å². The molecule has 3 heterocycles. The Balaban J connectivity index is 1.50. The van der Waals surface area contributed by atoms with E-state index in [-0.39, 0.29) is 11.5 Å². The SMILES string of the molecule is O=C1/C(=C\c2c[nH]c3ccccc23)Oc2c1ccc(O)c2C[NH+]1CCCCC1. The number of aromatic nitrogens is 1. The van der Waals surface area contributed by atoms with Crippen LogP contribution in [0, 0.1) is 0 Å². The first-order valence-corrected chi connectivity index (χ1v) is 9.89. The zero-order valence-corrected chi connectivity index (χ0v) is 15.6. The number of piperidine rings is 1. The topological polar surface area (TPSA) is 66.8 Å². The lowest BCUT2D eigenvalue weighted by atomic mass is 10.0. The number of phenolic OH excluding ortho intramolecular Hbond substituents is 1. The van der Waals surface area contributed by atoms with Gasteiger partial charge in [-0.3, -0.25) is 4.79 Å². The molecule has 2 aliphatic heterocycles. The average Bonchev–Trinajstić information content (AvgIpc) is 3.27. The maximum absolute atomic E-state index is 12.9. The molecule has 0 amide bonds. The van der Waals surface area contributed by atoms with Gasteiger partial charge in [-0.2, -0.15) is 0 Å². The molecule has 0 aliphatic carbocycles. The number of para-hydroxylation sites is 1. The first-order chi connectivity index (χ1) is 13.7. The van der Waals surface area contributed by atoms with E-state index in [1.807, 2.05) is 30.5 Å². The van der Waals surface area contributed by atoms with Gasteiger partial charge in [-0.25, -0.2) is 0 Å². The first-order valence-electron chi connectivity index (χ1n) is 9.89. The van der Waals surface area contributed by atoms with Crippen LogP contribution in [0.25, 0.3) is 17.0 Å². The van der Waals surface area contributed by atoms with Gasteiger partial charge in [-0.1, -0.05) is 18.2 Å². The second-order valence-corrected chi connectivity index (χ2v) is 7.66. The number of rotatable bonds is 3. The van der Waals surface area contributed by atoms with Gasteiger partial charge in [0.15, 0.2) is 11.5 Å². The van der Waals surface area contributed by atoms with Crippen LogP contribution in [0.15, 0.2) is 48.4 Å². The normalized spacial score (nSPS) is 18.6. The number of hydrogen-bond acceptors (Lipinski definition) is 3. The van der Waals surface area contributed by atoms with Crippen LogP contribution < -0.4 is 9.64 Å². The third-order valence-electron chi connectivity index (χ3n) is 5.81. The van der Waals surface area contributed by atoms with Gasteiger partial charge in [0.1, 0.15) is 12.3 Å². The van der Waals surface area contributed by atoms with Crippen LogP contribution in [0.3, 0.4) is 0 Å². The van der Waals surface area contributed by atoms with E-state index in [2.05, 4.69) is 4.98 Å². The van der Waals surface area contributed by atoms with E-state index in [9.17, 15) is 9.90 Å². The fourth-order valence-corrected chi connectivity index (χ4v) is 4.30. The van der Waals surface area contributed by atoms with Crippen LogP contribution >= 0.6 is 0 Å². The van der Waals surface area contributed by atoms with Crippen molar-refractivity contribution in [3.8, 4) is 11.5 Å². The minimum atomic E-state index is -0.129. The maximum Gasteiger partial charge on any atom is 0.231 e. The first kappa shape index (κ1) is 17.1. The summed E-state index contributed by atoms with van der Waals surface area (Å²) in [6.45, 7) is 2.87. The standard InChI is InChI=1S/C23H22N2O3/c26-20-9-8-17-22(27)21(12-15-13-24-19-7-3-2-6-16(15)19)28-23(17)18(20)14-25-10-4-1-5-11-25/h2-3,6-9,12-13,24,26H,1,4-5,10-11,14H2/p+1/b21-12+. The number of ether oxygens (including phenoxy) is 1. The van der Waals surface area contributed by atoms with Gasteiger partial charge < -0.3 is 19.7 Å². The van der Waals surface area contributed by atoms with Crippen LogP contribution in [0.4, 0.5) is 0 Å². The Bertz CT molecular complexity index is 1090. The lowest BCUT2D eigenvalue weighted by Gasteiger charge is -2.24. The molecule has 0 spiro atoms. The van der Waals surface area contributed by atoms with E-state index in [4.69, 9.17) is 4.74 Å². The number of carbonyl (C=O) groups excluding carboxylic acids is 1. The average molecular weight is 375 g/mol. The van der Waals surface area contributed by atoms with Gasteiger partial charge in [0, 0.05) is 22.7 Å². The third kappa shape index (κ3) is 2.88. The number of aromatic amines is 1. The number of hydrogen-bond donors (Lipinski definition) is 3. The van der Waals surface area contributed by atoms with Crippen molar-refractivity contribution >= 4 is 22.8 Å². The van der Waals surface area contributed by atoms with E-state index < -0.39 is 0 Å². The highest BCUT2D eigenvalue weighted by atomic mass is 16.5. The number of carbonyl (C=O) groups is 1. The second kappa shape index (κ2) is 6.84. The number of H-pyrrole nitrogens is 1. The predicted molar refractivity (Wildman–Crippen MR) is 108 cm³/mol. The number of phenols is 1. The van der Waals surface area contributed by atoms with E-state index in [1.54, 1.807) is 18.2 Å². The molecular formula is C23H23N2O3+. The number of quaternary nitrogens is 1. The molecule has 2 aliphatic rings. The summed E-state index contributed by atoms with van der Waals surface area (Å²) in [5.74, 6) is 0.905. The minimum absolute atomic E-state index is 0.129. The smallest absolute Gasteiger partial charge is 0.231 e. The van der Waals surface area contributed by atoms with Crippen molar-refractivity contribution in [1.82, 2.24) is 4.98 Å². The molecule has 28 heavy (non-hydrogen) atoms. The van der Waals surface area contributed by atoms with Crippen LogP contribution in [0.1, 0.15) is 40.7 Å². The molecule has 2 aromatic carbocycles. The van der Waals surface area contributed by atoms with Crippen molar-refractivity contribution < 1.29 is 19.5 Å². The molecule has 3 aromatic rings. The van der Waals surface area contributed by atoms with Crippen LogP contribution in [0.5, 0.6) is 11.5 Å². The Morgan fingerprint density at radius 1 is 1.11 bits per heavy atom. The molecule has 3 N–H and O–H groups in total. The quantitative estimate of drug-likeness (QED) is 0.617. The summed E-state index contributed by atoms with van der Waals surface area (Å²) in [6, 6.07) is 11.2. The Morgan fingerprint density at radius 2 is 1.93 bits per heavy atom. The summed E-state index contributed by atoms with van der Waals surface area (Å²) in [5.41, 5.74) is 3.21. The number of fused-ring (bicyclic) bond motifs is 2. The van der Waals surface area contributed by atoms with E-state index in [0.717, 1.165) is 35.1 Å². The summed E-state index contributed by atoms with van der Waals surface area (Å²) in [5, 5.41) is 11.5. The molecule has 0 atom stereocenters. The molecule has 0 bridgehead atoms. The third-order valence-corrected chi connectivity index (χ3v) is 5.81. The van der Waals surface area contributed by atoms with Gasteiger partial charge in [0.2, 0.25) is 5.78 Å². The number of nitrogens with one attached hydrogen (secondary N) is 2. The van der Waals surface area contributed by atoms with Crippen molar-refractivity contribution in [3.63, 3.8) is 0 Å². The van der Waals surface area contributed by atoms with Crippen molar-refractivity contribution in [3.05, 3.63) is 65.0 Å². The fraction of sp³-hybridized carbons (Fsp3) is 0.261. The van der Waals surface area contributed by atoms with Gasteiger partial charge >= 0.3 is 0 Å². The zero-order valence-electron chi connectivity index (χ0n) is 15.6. The van der Waals surface area contributed by atoms with Crippen LogP contribution in [-0.2, 0) is 6.54 Å².